The first-order valence-electron chi connectivity index (χ1n) is 10.0. The van der Waals surface area contributed by atoms with Crippen molar-refractivity contribution in [3.05, 3.63) is 94.3 Å². The van der Waals surface area contributed by atoms with Crippen LogP contribution in [0.2, 0.25) is 0 Å². The average Bonchev–Trinajstić information content (AvgIpc) is 2.73. The van der Waals surface area contributed by atoms with Gasteiger partial charge in [0.1, 0.15) is 5.82 Å². The molecule has 0 aromatic heterocycles. The van der Waals surface area contributed by atoms with Crippen molar-refractivity contribution in [2.24, 2.45) is 0 Å². The Labute approximate surface area is 181 Å². The number of aryl methyl sites for hydroxylation is 2. The van der Waals surface area contributed by atoms with E-state index in [4.69, 9.17) is 0 Å². The van der Waals surface area contributed by atoms with Gasteiger partial charge in [0, 0.05) is 24.3 Å². The number of carbonyl (C=O) groups excluding carboxylic acids is 1. The number of hydrogen-bond donors (Lipinski definition) is 1. The molecule has 0 radical (unpaired) electrons. The fourth-order valence-electron chi connectivity index (χ4n) is 3.84. The van der Waals surface area contributed by atoms with Crippen molar-refractivity contribution in [1.82, 2.24) is 4.31 Å². The second-order valence-corrected chi connectivity index (χ2v) is 9.74. The number of amides is 1. The standard InChI is InChI=1S/C24H23FN2O3S/c1-16-3-10-23(17(2)13-16)24(28)26-21-7-4-18-11-12-27(15-19(18)14-21)31(29,30)22-8-5-20(25)6-9-22/h3-10,13-14H,11-12,15H2,1-2H3,(H,26,28). The van der Waals surface area contributed by atoms with Crippen molar-refractivity contribution in [2.75, 3.05) is 11.9 Å². The molecule has 0 aliphatic carbocycles. The van der Waals surface area contributed by atoms with E-state index in [1.807, 2.05) is 44.2 Å². The number of halogens is 1. The quantitative estimate of drug-likeness (QED) is 0.655. The molecule has 1 aliphatic rings. The molecule has 0 spiro atoms. The lowest BCUT2D eigenvalue weighted by Gasteiger charge is -2.28. The molecule has 31 heavy (non-hydrogen) atoms. The van der Waals surface area contributed by atoms with Crippen molar-refractivity contribution >= 4 is 21.6 Å². The van der Waals surface area contributed by atoms with Crippen LogP contribution in [-0.4, -0.2) is 25.2 Å². The van der Waals surface area contributed by atoms with E-state index in [0.29, 0.717) is 24.2 Å². The van der Waals surface area contributed by atoms with E-state index in [2.05, 4.69) is 5.32 Å². The van der Waals surface area contributed by atoms with Crippen LogP contribution in [0.5, 0.6) is 0 Å². The van der Waals surface area contributed by atoms with Gasteiger partial charge in [-0.1, -0.05) is 23.8 Å². The van der Waals surface area contributed by atoms with E-state index < -0.39 is 15.8 Å². The Morgan fingerprint density at radius 2 is 1.71 bits per heavy atom. The monoisotopic (exact) mass is 438 g/mol. The summed E-state index contributed by atoms with van der Waals surface area (Å²) in [6.45, 7) is 4.42. The van der Waals surface area contributed by atoms with Gasteiger partial charge in [-0.05, 0) is 79.4 Å². The van der Waals surface area contributed by atoms with Gasteiger partial charge >= 0.3 is 0 Å². The Morgan fingerprint density at radius 1 is 0.968 bits per heavy atom. The highest BCUT2D eigenvalue weighted by Crippen LogP contribution is 2.27. The van der Waals surface area contributed by atoms with Crippen LogP contribution >= 0.6 is 0 Å². The Balaban J connectivity index is 1.55. The largest absolute Gasteiger partial charge is 0.322 e. The van der Waals surface area contributed by atoms with Crippen LogP contribution in [0.4, 0.5) is 10.1 Å². The minimum Gasteiger partial charge on any atom is -0.322 e. The molecule has 0 saturated heterocycles. The summed E-state index contributed by atoms with van der Waals surface area (Å²) in [4.78, 5) is 12.8. The van der Waals surface area contributed by atoms with Crippen LogP contribution in [0.1, 0.15) is 32.6 Å². The van der Waals surface area contributed by atoms with Gasteiger partial charge in [0.15, 0.2) is 0 Å². The van der Waals surface area contributed by atoms with Crippen molar-refractivity contribution < 1.29 is 17.6 Å². The number of anilines is 1. The van der Waals surface area contributed by atoms with E-state index in [-0.39, 0.29) is 17.3 Å². The predicted molar refractivity (Wildman–Crippen MR) is 118 cm³/mol. The van der Waals surface area contributed by atoms with Gasteiger partial charge in [-0.3, -0.25) is 4.79 Å². The number of fused-ring (bicyclic) bond motifs is 1. The van der Waals surface area contributed by atoms with E-state index in [0.717, 1.165) is 34.4 Å². The molecule has 3 aromatic rings. The second kappa shape index (κ2) is 8.24. The number of hydrogen-bond acceptors (Lipinski definition) is 3. The van der Waals surface area contributed by atoms with Crippen LogP contribution in [0, 0.1) is 19.7 Å². The lowest BCUT2D eigenvalue weighted by molar-refractivity contribution is 0.102. The van der Waals surface area contributed by atoms with Gasteiger partial charge < -0.3 is 5.32 Å². The maximum atomic E-state index is 13.2. The molecule has 0 fully saturated rings. The van der Waals surface area contributed by atoms with E-state index in [1.165, 1.54) is 16.4 Å². The third kappa shape index (κ3) is 4.38. The number of nitrogens with zero attached hydrogens (tertiary/aromatic N) is 1. The minimum absolute atomic E-state index is 0.0663. The summed E-state index contributed by atoms with van der Waals surface area (Å²) in [6, 6.07) is 16.1. The van der Waals surface area contributed by atoms with E-state index >= 15 is 0 Å². The van der Waals surface area contributed by atoms with Gasteiger partial charge in [0.25, 0.3) is 5.91 Å². The number of sulfonamides is 1. The SMILES string of the molecule is Cc1ccc(C(=O)Nc2ccc3c(c2)CN(S(=O)(=O)c2ccc(F)cc2)CC3)c(C)c1. The van der Waals surface area contributed by atoms with Crippen LogP contribution in [0.25, 0.3) is 0 Å². The number of benzene rings is 3. The highest BCUT2D eigenvalue weighted by atomic mass is 32.2. The summed E-state index contributed by atoms with van der Waals surface area (Å²) in [5, 5.41) is 2.91. The highest BCUT2D eigenvalue weighted by Gasteiger charge is 2.28. The summed E-state index contributed by atoms with van der Waals surface area (Å²) in [5.41, 5.74) is 5.09. The molecule has 0 bridgehead atoms. The third-order valence-corrected chi connectivity index (χ3v) is 7.38. The Hall–Kier alpha value is -3.03. The lowest BCUT2D eigenvalue weighted by atomic mass is 10.00. The zero-order valence-corrected chi connectivity index (χ0v) is 18.2. The number of nitrogens with one attached hydrogen (secondary N) is 1. The average molecular weight is 439 g/mol. The van der Waals surface area contributed by atoms with Crippen molar-refractivity contribution in [1.29, 1.82) is 0 Å². The van der Waals surface area contributed by atoms with E-state index in [9.17, 15) is 17.6 Å². The van der Waals surface area contributed by atoms with Crippen molar-refractivity contribution in [3.63, 3.8) is 0 Å². The molecule has 1 N–H and O–H groups in total. The Morgan fingerprint density at radius 3 is 2.42 bits per heavy atom. The molecule has 0 saturated carbocycles. The summed E-state index contributed by atoms with van der Waals surface area (Å²) >= 11 is 0. The molecular weight excluding hydrogens is 415 g/mol. The molecule has 7 heteroatoms. The fraction of sp³-hybridized carbons (Fsp3) is 0.208. The van der Waals surface area contributed by atoms with Crippen LogP contribution < -0.4 is 5.32 Å². The molecule has 0 atom stereocenters. The predicted octanol–water partition coefficient (Wildman–Crippen LogP) is 4.44. The van der Waals surface area contributed by atoms with Gasteiger partial charge in [0.05, 0.1) is 4.90 Å². The molecule has 1 aliphatic heterocycles. The fourth-order valence-corrected chi connectivity index (χ4v) is 5.26. The van der Waals surface area contributed by atoms with Gasteiger partial charge in [-0.25, -0.2) is 12.8 Å². The number of rotatable bonds is 4. The smallest absolute Gasteiger partial charge is 0.255 e. The first-order chi connectivity index (χ1) is 14.7. The van der Waals surface area contributed by atoms with Crippen molar-refractivity contribution in [3.8, 4) is 0 Å². The van der Waals surface area contributed by atoms with Crippen LogP contribution in [0.15, 0.2) is 65.6 Å². The van der Waals surface area contributed by atoms with Crippen molar-refractivity contribution in [2.45, 2.75) is 31.7 Å². The van der Waals surface area contributed by atoms with Gasteiger partial charge in [-0.15, -0.1) is 0 Å². The topological polar surface area (TPSA) is 66.5 Å². The Bertz CT molecular complexity index is 1250. The summed E-state index contributed by atoms with van der Waals surface area (Å²) < 4.78 is 40.5. The maximum absolute atomic E-state index is 13.2. The van der Waals surface area contributed by atoms with Crippen LogP contribution in [0.3, 0.4) is 0 Å². The molecule has 5 nitrogen and oxygen atoms in total. The number of carbonyl (C=O) groups is 1. The minimum atomic E-state index is -3.73. The second-order valence-electron chi connectivity index (χ2n) is 7.80. The normalized spacial score (nSPS) is 14.2. The molecular formula is C24H23FN2O3S. The Kier molecular flexibility index (Phi) is 5.64. The van der Waals surface area contributed by atoms with Gasteiger partial charge in [0.2, 0.25) is 10.0 Å². The van der Waals surface area contributed by atoms with Gasteiger partial charge in [-0.2, -0.15) is 4.31 Å². The molecule has 0 unspecified atom stereocenters. The van der Waals surface area contributed by atoms with E-state index in [1.54, 1.807) is 6.07 Å². The summed E-state index contributed by atoms with van der Waals surface area (Å²) in [6.07, 6.45) is 0.570. The molecule has 160 valence electrons. The molecule has 4 rings (SSSR count). The first kappa shape index (κ1) is 21.2. The zero-order valence-electron chi connectivity index (χ0n) is 17.4. The zero-order chi connectivity index (χ0) is 22.2. The third-order valence-electron chi connectivity index (χ3n) is 5.52. The molecule has 1 heterocycles. The molecule has 1 amide bonds. The highest BCUT2D eigenvalue weighted by molar-refractivity contribution is 7.89. The summed E-state index contributed by atoms with van der Waals surface area (Å²) in [7, 11) is -3.73. The first-order valence-corrected chi connectivity index (χ1v) is 11.4. The summed E-state index contributed by atoms with van der Waals surface area (Å²) in [5.74, 6) is -0.684. The maximum Gasteiger partial charge on any atom is 0.255 e. The van der Waals surface area contributed by atoms with Crippen LogP contribution in [-0.2, 0) is 23.0 Å². The molecule has 3 aromatic carbocycles. The lowest BCUT2D eigenvalue weighted by Crippen LogP contribution is -2.36.